The SMILES string of the molecule is COc1ccc(C)cc1NC(=O)CN1C(=O)CSc2ccc(C(=O)N3CCCC3)cc21. The lowest BCUT2D eigenvalue weighted by molar-refractivity contribution is -0.120. The summed E-state index contributed by atoms with van der Waals surface area (Å²) in [5.41, 5.74) is 2.70. The minimum Gasteiger partial charge on any atom is -0.495 e. The molecule has 3 amide bonds. The summed E-state index contributed by atoms with van der Waals surface area (Å²) in [7, 11) is 1.54. The number of ether oxygens (including phenoxy) is 1. The second-order valence-corrected chi connectivity index (χ2v) is 8.72. The summed E-state index contributed by atoms with van der Waals surface area (Å²) in [4.78, 5) is 42.5. The van der Waals surface area contributed by atoms with Crippen molar-refractivity contribution in [3.05, 3.63) is 47.5 Å². The first-order valence-corrected chi connectivity index (χ1v) is 11.3. The molecule has 0 atom stereocenters. The lowest BCUT2D eigenvalue weighted by Gasteiger charge is -2.29. The maximum Gasteiger partial charge on any atom is 0.253 e. The number of nitrogens with zero attached hydrogens (tertiary/aromatic N) is 2. The number of rotatable bonds is 5. The number of likely N-dealkylation sites (tertiary alicyclic amines) is 1. The minimum atomic E-state index is -0.327. The van der Waals surface area contributed by atoms with Gasteiger partial charge in [0.05, 0.1) is 24.2 Å². The van der Waals surface area contributed by atoms with Crippen LogP contribution in [0.3, 0.4) is 0 Å². The zero-order chi connectivity index (χ0) is 22.0. The molecule has 162 valence electrons. The zero-order valence-corrected chi connectivity index (χ0v) is 18.5. The van der Waals surface area contributed by atoms with Crippen molar-refractivity contribution < 1.29 is 19.1 Å². The zero-order valence-electron chi connectivity index (χ0n) is 17.6. The van der Waals surface area contributed by atoms with Crippen molar-refractivity contribution in [3.63, 3.8) is 0 Å². The Morgan fingerprint density at radius 1 is 1.13 bits per heavy atom. The van der Waals surface area contributed by atoms with E-state index in [0.717, 1.165) is 36.4 Å². The molecule has 0 unspecified atom stereocenters. The Hall–Kier alpha value is -3.00. The Balaban J connectivity index is 1.56. The van der Waals surface area contributed by atoms with Gasteiger partial charge in [-0.05, 0) is 55.7 Å². The van der Waals surface area contributed by atoms with Crippen LogP contribution in [0.15, 0.2) is 41.3 Å². The molecule has 2 aromatic carbocycles. The van der Waals surface area contributed by atoms with Gasteiger partial charge in [-0.3, -0.25) is 14.4 Å². The molecule has 2 aromatic rings. The van der Waals surface area contributed by atoms with Gasteiger partial charge in [0, 0.05) is 23.5 Å². The number of fused-ring (bicyclic) bond motifs is 1. The average Bonchev–Trinajstić information content (AvgIpc) is 3.30. The number of nitrogens with one attached hydrogen (secondary N) is 1. The first-order chi connectivity index (χ1) is 15.0. The number of thioether (sulfide) groups is 1. The fraction of sp³-hybridized carbons (Fsp3) is 0.348. The van der Waals surface area contributed by atoms with E-state index in [-0.39, 0.29) is 30.0 Å². The Bertz CT molecular complexity index is 1030. The van der Waals surface area contributed by atoms with Crippen molar-refractivity contribution in [2.75, 3.05) is 42.7 Å². The number of anilines is 2. The van der Waals surface area contributed by atoms with E-state index >= 15 is 0 Å². The number of carbonyl (C=O) groups excluding carboxylic acids is 3. The molecular weight excluding hydrogens is 414 g/mol. The molecule has 0 aliphatic carbocycles. The van der Waals surface area contributed by atoms with Crippen molar-refractivity contribution in [1.29, 1.82) is 0 Å². The van der Waals surface area contributed by atoms with Crippen LogP contribution in [0.25, 0.3) is 0 Å². The summed E-state index contributed by atoms with van der Waals surface area (Å²) in [6, 6.07) is 10.9. The second kappa shape index (κ2) is 9.01. The van der Waals surface area contributed by atoms with Crippen LogP contribution in [0.4, 0.5) is 11.4 Å². The standard InChI is InChI=1S/C23H25N3O4S/c1-15-5-7-19(30-2)17(11-15)24-21(27)13-26-18-12-16(23(29)25-9-3-4-10-25)6-8-20(18)31-14-22(26)28/h5-8,11-12H,3-4,9-10,13-14H2,1-2H3,(H,24,27). The van der Waals surface area contributed by atoms with E-state index in [2.05, 4.69) is 5.32 Å². The van der Waals surface area contributed by atoms with Gasteiger partial charge in [-0.1, -0.05) is 6.07 Å². The van der Waals surface area contributed by atoms with Crippen molar-refractivity contribution in [2.45, 2.75) is 24.7 Å². The third-order valence-electron chi connectivity index (χ3n) is 5.47. The van der Waals surface area contributed by atoms with Crippen LogP contribution in [0.5, 0.6) is 5.75 Å². The highest BCUT2D eigenvalue weighted by atomic mass is 32.2. The largest absolute Gasteiger partial charge is 0.495 e. The number of carbonyl (C=O) groups is 3. The smallest absolute Gasteiger partial charge is 0.253 e. The highest BCUT2D eigenvalue weighted by Gasteiger charge is 2.29. The quantitative estimate of drug-likeness (QED) is 0.773. The minimum absolute atomic E-state index is 0.0304. The molecule has 0 bridgehead atoms. The van der Waals surface area contributed by atoms with Gasteiger partial charge in [0.2, 0.25) is 11.8 Å². The summed E-state index contributed by atoms with van der Waals surface area (Å²) in [6.07, 6.45) is 2.03. The van der Waals surface area contributed by atoms with Crippen LogP contribution in [0.1, 0.15) is 28.8 Å². The van der Waals surface area contributed by atoms with Crippen molar-refractivity contribution in [1.82, 2.24) is 4.90 Å². The molecule has 2 aliphatic rings. The topological polar surface area (TPSA) is 79.0 Å². The van der Waals surface area contributed by atoms with Crippen LogP contribution in [0, 0.1) is 6.92 Å². The lowest BCUT2D eigenvalue weighted by Crippen LogP contribution is -2.41. The molecule has 0 radical (unpaired) electrons. The van der Waals surface area contributed by atoms with Gasteiger partial charge < -0.3 is 19.9 Å². The van der Waals surface area contributed by atoms with Crippen LogP contribution >= 0.6 is 11.8 Å². The van der Waals surface area contributed by atoms with E-state index in [0.29, 0.717) is 22.7 Å². The van der Waals surface area contributed by atoms with Gasteiger partial charge in [-0.25, -0.2) is 0 Å². The fourth-order valence-electron chi connectivity index (χ4n) is 3.86. The van der Waals surface area contributed by atoms with Gasteiger partial charge in [-0.2, -0.15) is 0 Å². The van der Waals surface area contributed by atoms with Crippen LogP contribution in [-0.4, -0.2) is 55.1 Å². The van der Waals surface area contributed by atoms with Gasteiger partial charge in [-0.15, -0.1) is 11.8 Å². The van der Waals surface area contributed by atoms with Gasteiger partial charge >= 0.3 is 0 Å². The molecule has 0 spiro atoms. The molecule has 8 heteroatoms. The lowest BCUT2D eigenvalue weighted by atomic mass is 10.1. The molecule has 31 heavy (non-hydrogen) atoms. The number of methoxy groups -OCH3 is 1. The Morgan fingerprint density at radius 3 is 2.65 bits per heavy atom. The monoisotopic (exact) mass is 439 g/mol. The van der Waals surface area contributed by atoms with Crippen molar-refractivity contribution in [2.24, 2.45) is 0 Å². The molecule has 4 rings (SSSR count). The predicted molar refractivity (Wildman–Crippen MR) is 121 cm³/mol. The molecule has 1 saturated heterocycles. The average molecular weight is 440 g/mol. The highest BCUT2D eigenvalue weighted by molar-refractivity contribution is 8.00. The molecule has 1 N–H and O–H groups in total. The molecule has 7 nitrogen and oxygen atoms in total. The van der Waals surface area contributed by atoms with E-state index in [4.69, 9.17) is 4.74 Å². The first kappa shape index (κ1) is 21.2. The number of hydrogen-bond acceptors (Lipinski definition) is 5. The Labute approximate surface area is 185 Å². The summed E-state index contributed by atoms with van der Waals surface area (Å²) in [5, 5.41) is 2.84. The van der Waals surface area contributed by atoms with E-state index in [1.165, 1.54) is 16.7 Å². The van der Waals surface area contributed by atoms with Crippen molar-refractivity contribution in [3.8, 4) is 5.75 Å². The van der Waals surface area contributed by atoms with Gasteiger partial charge in [0.15, 0.2) is 0 Å². The molecule has 2 heterocycles. The van der Waals surface area contributed by atoms with Crippen LogP contribution < -0.4 is 15.0 Å². The third-order valence-corrected chi connectivity index (χ3v) is 6.52. The summed E-state index contributed by atoms with van der Waals surface area (Å²) < 4.78 is 5.32. The van der Waals surface area contributed by atoms with E-state index < -0.39 is 0 Å². The van der Waals surface area contributed by atoms with Gasteiger partial charge in [0.1, 0.15) is 12.3 Å². The van der Waals surface area contributed by atoms with Crippen molar-refractivity contribution >= 4 is 40.9 Å². The predicted octanol–water partition coefficient (Wildman–Crippen LogP) is 3.32. The number of benzene rings is 2. The van der Waals surface area contributed by atoms with Crippen LogP contribution in [-0.2, 0) is 9.59 Å². The maximum absolute atomic E-state index is 12.8. The molecule has 0 aromatic heterocycles. The highest BCUT2D eigenvalue weighted by Crippen LogP contribution is 2.36. The summed E-state index contributed by atoms with van der Waals surface area (Å²) in [6.45, 7) is 3.31. The first-order valence-electron chi connectivity index (χ1n) is 10.3. The maximum atomic E-state index is 12.8. The van der Waals surface area contributed by atoms with E-state index in [1.54, 1.807) is 25.3 Å². The second-order valence-electron chi connectivity index (χ2n) is 7.70. The van der Waals surface area contributed by atoms with E-state index in [9.17, 15) is 14.4 Å². The molecular formula is C23H25N3O4S. The Kier molecular flexibility index (Phi) is 6.18. The van der Waals surface area contributed by atoms with Crippen LogP contribution in [0.2, 0.25) is 0 Å². The van der Waals surface area contributed by atoms with Gasteiger partial charge in [0.25, 0.3) is 5.91 Å². The van der Waals surface area contributed by atoms with E-state index in [1.807, 2.05) is 30.0 Å². The summed E-state index contributed by atoms with van der Waals surface area (Å²) in [5.74, 6) is 0.296. The normalized spacial score (nSPS) is 15.6. The fourth-order valence-corrected chi connectivity index (χ4v) is 4.78. The molecule has 0 saturated carbocycles. The molecule has 1 fully saturated rings. The Morgan fingerprint density at radius 2 is 1.90 bits per heavy atom. The third kappa shape index (κ3) is 4.54. The molecule has 2 aliphatic heterocycles. The number of amides is 3. The number of hydrogen-bond donors (Lipinski definition) is 1. The number of aryl methyl sites for hydroxylation is 1. The summed E-state index contributed by atoms with van der Waals surface area (Å²) >= 11 is 1.42.